The standard InChI is InChI=1S/C12H15ClN2O2S/c1-18(16,17)10-6-4-5-9-12(10)15-11(14-9)7-2-3-8-13/h4-6H,2-3,7-8H2,1H3,(H,14,15). The molecule has 1 aromatic carbocycles. The molecule has 0 saturated carbocycles. The fourth-order valence-electron chi connectivity index (χ4n) is 1.86. The van der Waals surface area contributed by atoms with Crippen molar-refractivity contribution >= 4 is 32.5 Å². The van der Waals surface area contributed by atoms with Crippen LogP contribution in [0.25, 0.3) is 11.0 Å². The molecule has 0 aliphatic carbocycles. The van der Waals surface area contributed by atoms with Gasteiger partial charge in [-0.15, -0.1) is 11.6 Å². The molecule has 1 heterocycles. The highest BCUT2D eigenvalue weighted by molar-refractivity contribution is 7.91. The van der Waals surface area contributed by atoms with Gasteiger partial charge in [0, 0.05) is 18.6 Å². The summed E-state index contributed by atoms with van der Waals surface area (Å²) in [6, 6.07) is 5.14. The van der Waals surface area contributed by atoms with Crippen molar-refractivity contribution in [2.45, 2.75) is 24.2 Å². The number of sulfone groups is 1. The van der Waals surface area contributed by atoms with Crippen LogP contribution >= 0.6 is 11.6 Å². The Balaban J connectivity index is 2.39. The zero-order valence-corrected chi connectivity index (χ0v) is 11.7. The van der Waals surface area contributed by atoms with E-state index in [0.717, 1.165) is 30.6 Å². The Hall–Kier alpha value is -1.07. The highest BCUT2D eigenvalue weighted by Gasteiger charge is 2.14. The van der Waals surface area contributed by atoms with Crippen LogP contribution in [0.3, 0.4) is 0 Å². The van der Waals surface area contributed by atoms with Gasteiger partial charge in [-0.2, -0.15) is 0 Å². The Labute approximate surface area is 111 Å². The lowest BCUT2D eigenvalue weighted by Gasteiger charge is -1.97. The molecule has 2 rings (SSSR count). The molecule has 1 N–H and O–H groups in total. The zero-order valence-electron chi connectivity index (χ0n) is 10.1. The number of imidazole rings is 1. The van der Waals surface area contributed by atoms with Crippen LogP contribution in [0, 0.1) is 0 Å². The summed E-state index contributed by atoms with van der Waals surface area (Å²) in [6.45, 7) is 0. The molecule has 18 heavy (non-hydrogen) atoms. The van der Waals surface area contributed by atoms with Crippen LogP contribution in [-0.4, -0.2) is 30.5 Å². The normalized spacial score (nSPS) is 12.1. The summed E-state index contributed by atoms with van der Waals surface area (Å²) >= 11 is 5.62. The number of hydrogen-bond donors (Lipinski definition) is 1. The second-order valence-corrected chi connectivity index (χ2v) is 6.62. The predicted molar refractivity (Wildman–Crippen MR) is 72.9 cm³/mol. The lowest BCUT2D eigenvalue weighted by Crippen LogP contribution is -1.97. The SMILES string of the molecule is CS(=O)(=O)c1cccc2[nH]c(CCCCCl)nc12. The minimum Gasteiger partial charge on any atom is -0.342 e. The topological polar surface area (TPSA) is 62.8 Å². The van der Waals surface area contributed by atoms with E-state index in [2.05, 4.69) is 9.97 Å². The molecule has 0 spiro atoms. The quantitative estimate of drug-likeness (QED) is 0.678. The molecule has 1 aromatic heterocycles. The largest absolute Gasteiger partial charge is 0.342 e. The molecule has 0 bridgehead atoms. The Bertz CT molecular complexity index is 649. The van der Waals surface area contributed by atoms with Gasteiger partial charge in [-0.1, -0.05) is 6.07 Å². The molecule has 0 atom stereocenters. The summed E-state index contributed by atoms with van der Waals surface area (Å²) < 4.78 is 23.3. The molecule has 0 amide bonds. The van der Waals surface area contributed by atoms with Crippen LogP contribution in [0.15, 0.2) is 23.1 Å². The summed E-state index contributed by atoms with van der Waals surface area (Å²) in [6.07, 6.45) is 3.85. The Morgan fingerprint density at radius 1 is 1.33 bits per heavy atom. The summed E-state index contributed by atoms with van der Waals surface area (Å²) in [5, 5.41) is 0. The summed E-state index contributed by atoms with van der Waals surface area (Å²) in [4.78, 5) is 7.80. The monoisotopic (exact) mass is 286 g/mol. The molecule has 0 fully saturated rings. The smallest absolute Gasteiger partial charge is 0.177 e. The van der Waals surface area contributed by atoms with Crippen LogP contribution in [0.4, 0.5) is 0 Å². The number of para-hydroxylation sites is 1. The van der Waals surface area contributed by atoms with Crippen molar-refractivity contribution in [2.24, 2.45) is 0 Å². The van der Waals surface area contributed by atoms with Crippen LogP contribution in [0.2, 0.25) is 0 Å². The molecule has 2 aromatic rings. The Morgan fingerprint density at radius 3 is 2.78 bits per heavy atom. The second-order valence-electron chi connectivity index (χ2n) is 4.25. The Kier molecular flexibility index (Phi) is 3.92. The van der Waals surface area contributed by atoms with Gasteiger partial charge in [0.15, 0.2) is 9.84 Å². The number of unbranched alkanes of at least 4 members (excludes halogenated alkanes) is 1. The summed E-state index contributed by atoms with van der Waals surface area (Å²) in [7, 11) is -3.24. The lowest BCUT2D eigenvalue weighted by molar-refractivity contribution is 0.602. The molecule has 0 unspecified atom stereocenters. The number of H-pyrrole nitrogens is 1. The molecular formula is C12H15ClN2O2S. The number of nitrogens with one attached hydrogen (secondary N) is 1. The molecule has 0 saturated heterocycles. The van der Waals surface area contributed by atoms with Crippen molar-refractivity contribution in [3.05, 3.63) is 24.0 Å². The number of hydrogen-bond acceptors (Lipinski definition) is 3. The number of alkyl halides is 1. The first-order valence-corrected chi connectivity index (χ1v) is 8.18. The van der Waals surface area contributed by atoms with Gasteiger partial charge in [0.25, 0.3) is 0 Å². The van der Waals surface area contributed by atoms with Gasteiger partial charge < -0.3 is 4.98 Å². The third kappa shape index (κ3) is 2.84. The molecule has 0 aliphatic heterocycles. The maximum absolute atomic E-state index is 11.6. The lowest BCUT2D eigenvalue weighted by atomic mass is 10.2. The number of aryl methyl sites for hydroxylation is 1. The van der Waals surface area contributed by atoms with Gasteiger partial charge in [0.2, 0.25) is 0 Å². The number of halogens is 1. The number of fused-ring (bicyclic) bond motifs is 1. The van der Waals surface area contributed by atoms with E-state index in [1.54, 1.807) is 12.1 Å². The van der Waals surface area contributed by atoms with E-state index in [-0.39, 0.29) is 4.90 Å². The first kappa shape index (κ1) is 13.4. The van der Waals surface area contributed by atoms with E-state index in [9.17, 15) is 8.42 Å². The van der Waals surface area contributed by atoms with Gasteiger partial charge in [-0.25, -0.2) is 13.4 Å². The molecule has 4 nitrogen and oxygen atoms in total. The number of aromatic nitrogens is 2. The van der Waals surface area contributed by atoms with Crippen molar-refractivity contribution in [3.8, 4) is 0 Å². The van der Waals surface area contributed by atoms with Crippen molar-refractivity contribution < 1.29 is 8.42 Å². The van der Waals surface area contributed by atoms with E-state index >= 15 is 0 Å². The van der Waals surface area contributed by atoms with E-state index < -0.39 is 9.84 Å². The van der Waals surface area contributed by atoms with Gasteiger partial charge >= 0.3 is 0 Å². The van der Waals surface area contributed by atoms with E-state index in [1.165, 1.54) is 6.26 Å². The average molecular weight is 287 g/mol. The van der Waals surface area contributed by atoms with E-state index in [4.69, 9.17) is 11.6 Å². The molecule has 6 heteroatoms. The van der Waals surface area contributed by atoms with Crippen molar-refractivity contribution in [2.75, 3.05) is 12.1 Å². The van der Waals surface area contributed by atoms with Gasteiger partial charge in [0.1, 0.15) is 11.3 Å². The number of rotatable bonds is 5. The first-order valence-electron chi connectivity index (χ1n) is 5.76. The van der Waals surface area contributed by atoms with Crippen LogP contribution in [0.5, 0.6) is 0 Å². The molecule has 0 radical (unpaired) electrons. The van der Waals surface area contributed by atoms with Crippen molar-refractivity contribution in [1.29, 1.82) is 0 Å². The van der Waals surface area contributed by atoms with E-state index in [1.807, 2.05) is 6.07 Å². The fourth-order valence-corrected chi connectivity index (χ4v) is 2.88. The summed E-state index contributed by atoms with van der Waals surface area (Å²) in [5.74, 6) is 1.45. The minimum absolute atomic E-state index is 0.278. The van der Waals surface area contributed by atoms with Crippen molar-refractivity contribution in [3.63, 3.8) is 0 Å². The first-order chi connectivity index (χ1) is 8.52. The number of benzene rings is 1. The summed E-state index contributed by atoms with van der Waals surface area (Å²) in [5.41, 5.74) is 1.29. The average Bonchev–Trinajstić information content (AvgIpc) is 2.70. The van der Waals surface area contributed by atoms with Crippen LogP contribution < -0.4 is 0 Å². The second kappa shape index (κ2) is 5.28. The molecular weight excluding hydrogens is 272 g/mol. The minimum atomic E-state index is -3.24. The van der Waals surface area contributed by atoms with Gasteiger partial charge in [-0.05, 0) is 25.0 Å². The van der Waals surface area contributed by atoms with Crippen molar-refractivity contribution in [1.82, 2.24) is 9.97 Å². The van der Waals surface area contributed by atoms with Gasteiger partial charge in [0.05, 0.1) is 10.4 Å². The predicted octanol–water partition coefficient (Wildman–Crippen LogP) is 2.53. The maximum atomic E-state index is 11.6. The van der Waals surface area contributed by atoms with Crippen LogP contribution in [0.1, 0.15) is 18.7 Å². The zero-order chi connectivity index (χ0) is 13.2. The Morgan fingerprint density at radius 2 is 2.11 bits per heavy atom. The van der Waals surface area contributed by atoms with E-state index in [0.29, 0.717) is 11.4 Å². The maximum Gasteiger partial charge on any atom is 0.177 e. The molecule has 98 valence electrons. The van der Waals surface area contributed by atoms with Gasteiger partial charge in [-0.3, -0.25) is 0 Å². The third-order valence-corrected chi connectivity index (χ3v) is 4.12. The molecule has 0 aliphatic rings. The third-order valence-electron chi connectivity index (χ3n) is 2.72. The van der Waals surface area contributed by atoms with Crippen LogP contribution in [-0.2, 0) is 16.3 Å². The fraction of sp³-hybridized carbons (Fsp3) is 0.417. The highest BCUT2D eigenvalue weighted by atomic mass is 35.5. The number of nitrogens with zero attached hydrogens (tertiary/aromatic N) is 1. The highest BCUT2D eigenvalue weighted by Crippen LogP contribution is 2.21. The number of aromatic amines is 1.